The van der Waals surface area contributed by atoms with Crippen LogP contribution in [0, 0.1) is 5.92 Å². The van der Waals surface area contributed by atoms with Gasteiger partial charge in [-0.1, -0.05) is 36.4 Å². The van der Waals surface area contributed by atoms with Crippen LogP contribution in [-0.4, -0.2) is 67.5 Å². The average molecular weight is 533 g/mol. The Bertz CT molecular complexity index is 1190. The summed E-state index contributed by atoms with van der Waals surface area (Å²) in [6.07, 6.45) is 3.92. The molecule has 208 valence electrons. The molecule has 3 aliphatic rings. The van der Waals surface area contributed by atoms with E-state index in [0.29, 0.717) is 37.7 Å². The number of amides is 3. The van der Waals surface area contributed by atoms with Crippen molar-refractivity contribution in [1.29, 1.82) is 0 Å². The number of para-hydroxylation sites is 2. The van der Waals surface area contributed by atoms with Gasteiger partial charge in [0.2, 0.25) is 17.7 Å². The fourth-order valence-corrected chi connectivity index (χ4v) is 6.31. The van der Waals surface area contributed by atoms with E-state index in [1.165, 1.54) is 0 Å². The van der Waals surface area contributed by atoms with Crippen molar-refractivity contribution in [3.8, 4) is 5.75 Å². The molecule has 1 saturated carbocycles. The smallest absolute Gasteiger partial charge is 0.248 e. The summed E-state index contributed by atoms with van der Waals surface area (Å²) in [5, 5.41) is 6.28. The Labute approximate surface area is 231 Å². The van der Waals surface area contributed by atoms with Gasteiger partial charge in [0.15, 0.2) is 0 Å². The molecule has 8 nitrogen and oxygen atoms in total. The molecule has 0 radical (unpaired) electrons. The van der Waals surface area contributed by atoms with Gasteiger partial charge in [-0.3, -0.25) is 14.4 Å². The lowest BCUT2D eigenvalue weighted by Gasteiger charge is -2.38. The number of hydrogen-bond acceptors (Lipinski definition) is 5. The Morgan fingerprint density at radius 3 is 2.38 bits per heavy atom. The fraction of sp³-hybridized carbons (Fsp3) is 0.516. The van der Waals surface area contributed by atoms with Crippen LogP contribution in [0.2, 0.25) is 0 Å². The van der Waals surface area contributed by atoms with Crippen LogP contribution < -0.4 is 20.3 Å². The average Bonchev–Trinajstić information content (AvgIpc) is 3.52. The van der Waals surface area contributed by atoms with Crippen LogP contribution in [-0.2, 0) is 19.8 Å². The van der Waals surface area contributed by atoms with Crippen LogP contribution in [0.1, 0.15) is 51.5 Å². The van der Waals surface area contributed by atoms with Gasteiger partial charge in [0.05, 0.1) is 5.41 Å². The zero-order chi connectivity index (χ0) is 27.6. The summed E-state index contributed by atoms with van der Waals surface area (Å²) in [6, 6.07) is 17.0. The maximum absolute atomic E-state index is 13.7. The molecule has 2 N–H and O–H groups in total. The van der Waals surface area contributed by atoms with Gasteiger partial charge in [0.25, 0.3) is 0 Å². The van der Waals surface area contributed by atoms with Crippen molar-refractivity contribution in [2.75, 3.05) is 31.6 Å². The van der Waals surface area contributed by atoms with Crippen LogP contribution in [0.15, 0.2) is 54.6 Å². The summed E-state index contributed by atoms with van der Waals surface area (Å²) >= 11 is 0. The number of benzene rings is 2. The number of hydrogen-bond donors (Lipinski definition) is 2. The summed E-state index contributed by atoms with van der Waals surface area (Å²) in [7, 11) is 1.92. The minimum Gasteiger partial charge on any atom is -0.491 e. The number of rotatable bonds is 8. The lowest BCUT2D eigenvalue weighted by molar-refractivity contribution is -0.139. The molecule has 39 heavy (non-hydrogen) atoms. The molecule has 0 bridgehead atoms. The first-order valence-corrected chi connectivity index (χ1v) is 14.2. The molecule has 1 saturated heterocycles. The van der Waals surface area contributed by atoms with Crippen LogP contribution in [0.3, 0.4) is 0 Å². The number of piperidine rings is 1. The molecule has 2 fully saturated rings. The standard InChI is InChI=1S/C31H40N4O4/c1-31(2)25-11-7-8-12-27(25)35(30(31)38)23-15-17-34(18-16-23)29(37)26(20-39-24-9-5-4-6-10-24)33-28(36)21-13-14-22(19-21)32-3/h4-12,21-23,26,32H,13-20H2,1-3H3,(H,33,36)/t21-,22+,26-/m0/s1. The molecule has 5 rings (SSSR count). The van der Waals surface area contributed by atoms with E-state index in [9.17, 15) is 14.4 Å². The number of likely N-dealkylation sites (tertiary alicyclic amines) is 1. The highest BCUT2D eigenvalue weighted by atomic mass is 16.5. The zero-order valence-electron chi connectivity index (χ0n) is 23.2. The maximum atomic E-state index is 13.7. The topological polar surface area (TPSA) is 91.0 Å². The Morgan fingerprint density at radius 1 is 1.00 bits per heavy atom. The third-order valence-corrected chi connectivity index (χ3v) is 8.72. The molecule has 3 atom stereocenters. The zero-order valence-corrected chi connectivity index (χ0v) is 23.2. The first-order valence-electron chi connectivity index (χ1n) is 14.2. The van der Waals surface area contributed by atoms with E-state index < -0.39 is 11.5 Å². The summed E-state index contributed by atoms with van der Waals surface area (Å²) in [5.41, 5.74) is 1.48. The second-order valence-corrected chi connectivity index (χ2v) is 11.6. The van der Waals surface area contributed by atoms with Crippen LogP contribution in [0.25, 0.3) is 0 Å². The Morgan fingerprint density at radius 2 is 1.69 bits per heavy atom. The van der Waals surface area contributed by atoms with Crippen molar-refractivity contribution in [3.05, 3.63) is 60.2 Å². The van der Waals surface area contributed by atoms with Gasteiger partial charge in [-0.25, -0.2) is 0 Å². The second kappa shape index (κ2) is 11.4. The Kier molecular flexibility index (Phi) is 7.93. The first kappa shape index (κ1) is 27.2. The largest absolute Gasteiger partial charge is 0.491 e. The number of nitrogens with one attached hydrogen (secondary N) is 2. The van der Waals surface area contributed by atoms with E-state index in [1.807, 2.05) is 85.3 Å². The van der Waals surface area contributed by atoms with Gasteiger partial charge >= 0.3 is 0 Å². The number of carbonyl (C=O) groups is 3. The SMILES string of the molecule is CN[C@@H]1CC[C@H](C(=O)N[C@@H](COc2ccccc2)C(=O)N2CCC(N3C(=O)C(C)(C)c4ccccc43)CC2)C1. The van der Waals surface area contributed by atoms with Crippen LogP contribution in [0.5, 0.6) is 5.75 Å². The molecule has 2 aromatic carbocycles. The highest BCUT2D eigenvalue weighted by Gasteiger charge is 2.47. The van der Waals surface area contributed by atoms with Crippen molar-refractivity contribution in [1.82, 2.24) is 15.5 Å². The molecular formula is C31H40N4O4. The lowest BCUT2D eigenvalue weighted by Crippen LogP contribution is -2.56. The third kappa shape index (κ3) is 5.53. The molecule has 2 heterocycles. The van der Waals surface area contributed by atoms with Gasteiger partial charge in [-0.2, -0.15) is 0 Å². The van der Waals surface area contributed by atoms with E-state index in [1.54, 1.807) is 0 Å². The second-order valence-electron chi connectivity index (χ2n) is 11.6. The van der Waals surface area contributed by atoms with Crippen molar-refractivity contribution in [2.24, 2.45) is 5.92 Å². The van der Waals surface area contributed by atoms with Crippen molar-refractivity contribution < 1.29 is 19.1 Å². The normalized spacial score (nSPS) is 23.4. The predicted molar refractivity (Wildman–Crippen MR) is 151 cm³/mol. The van der Waals surface area contributed by atoms with Crippen LogP contribution in [0.4, 0.5) is 5.69 Å². The molecule has 8 heteroatoms. The Balaban J connectivity index is 1.25. The molecule has 2 aliphatic heterocycles. The van der Waals surface area contributed by atoms with E-state index >= 15 is 0 Å². The molecule has 2 aromatic rings. The molecule has 0 unspecified atom stereocenters. The molecular weight excluding hydrogens is 492 g/mol. The highest BCUT2D eigenvalue weighted by molar-refractivity contribution is 6.08. The molecule has 3 amide bonds. The number of fused-ring (bicyclic) bond motifs is 1. The van der Waals surface area contributed by atoms with Crippen molar-refractivity contribution >= 4 is 23.4 Å². The van der Waals surface area contributed by atoms with E-state index in [0.717, 1.165) is 30.5 Å². The van der Waals surface area contributed by atoms with Gasteiger partial charge in [0, 0.05) is 36.8 Å². The molecule has 0 aromatic heterocycles. The summed E-state index contributed by atoms with van der Waals surface area (Å²) in [5.74, 6) is 0.456. The van der Waals surface area contributed by atoms with Gasteiger partial charge in [0.1, 0.15) is 18.4 Å². The van der Waals surface area contributed by atoms with E-state index in [-0.39, 0.29) is 36.3 Å². The molecule has 0 spiro atoms. The minimum atomic E-state index is -0.768. The van der Waals surface area contributed by atoms with Crippen LogP contribution >= 0.6 is 0 Å². The van der Waals surface area contributed by atoms with Gasteiger partial charge < -0.3 is 25.2 Å². The number of ether oxygens (including phenoxy) is 1. The monoisotopic (exact) mass is 532 g/mol. The summed E-state index contributed by atoms with van der Waals surface area (Å²) in [4.78, 5) is 44.0. The summed E-state index contributed by atoms with van der Waals surface area (Å²) < 4.78 is 5.94. The van der Waals surface area contributed by atoms with Gasteiger partial charge in [-0.15, -0.1) is 0 Å². The summed E-state index contributed by atoms with van der Waals surface area (Å²) in [6.45, 7) is 5.09. The van der Waals surface area contributed by atoms with Crippen molar-refractivity contribution in [2.45, 2.75) is 69.5 Å². The van der Waals surface area contributed by atoms with E-state index in [4.69, 9.17) is 4.74 Å². The Hall–Kier alpha value is -3.39. The van der Waals surface area contributed by atoms with Crippen molar-refractivity contribution in [3.63, 3.8) is 0 Å². The fourth-order valence-electron chi connectivity index (χ4n) is 6.31. The quantitative estimate of drug-likeness (QED) is 0.545. The van der Waals surface area contributed by atoms with E-state index in [2.05, 4.69) is 10.6 Å². The predicted octanol–water partition coefficient (Wildman–Crippen LogP) is 3.25. The first-order chi connectivity index (χ1) is 18.8. The van der Waals surface area contributed by atoms with Gasteiger partial charge in [-0.05, 0) is 76.8 Å². The molecule has 1 aliphatic carbocycles. The highest BCUT2D eigenvalue weighted by Crippen LogP contribution is 2.43. The number of nitrogens with zero attached hydrogens (tertiary/aromatic N) is 2. The number of anilines is 1. The maximum Gasteiger partial charge on any atom is 0.248 e. The minimum absolute atomic E-state index is 0.0371. The third-order valence-electron chi connectivity index (χ3n) is 8.72. The lowest BCUT2D eigenvalue weighted by atomic mass is 9.86. The number of carbonyl (C=O) groups excluding carboxylic acids is 3.